The predicted molar refractivity (Wildman–Crippen MR) is 121 cm³/mol. The Morgan fingerprint density at radius 2 is 1.91 bits per heavy atom. The molecule has 1 N–H and O–H groups in total. The number of hydrogen-bond acceptors (Lipinski definition) is 8. The van der Waals surface area contributed by atoms with E-state index in [9.17, 15) is 4.79 Å². The molecule has 0 amide bonds. The Labute approximate surface area is 186 Å². The zero-order chi connectivity index (χ0) is 21.9. The Morgan fingerprint density at radius 3 is 2.62 bits per heavy atom. The first-order valence-electron chi connectivity index (χ1n) is 11.2. The van der Waals surface area contributed by atoms with Crippen LogP contribution in [0.25, 0.3) is 22.3 Å². The fraction of sp³-hybridized carbons (Fsp3) is 0.478. The van der Waals surface area contributed by atoms with Gasteiger partial charge in [0.25, 0.3) is 0 Å². The largest absolute Gasteiger partial charge is 0.469 e. The molecule has 1 aromatic carbocycles. The summed E-state index contributed by atoms with van der Waals surface area (Å²) in [7, 11) is 1.40. The standard InChI is InChI=1S/C23H28N6O3/c1-31-20(30)14-16-2-4-17(5-3-16)21-19-15-25-29(18-6-8-24-9-7-18)22(19)27-23(26-21)28-10-12-32-13-11-28/h2-5,15,18,24H,6-14H2,1H3. The lowest BCUT2D eigenvalue weighted by Gasteiger charge is -2.27. The van der Waals surface area contributed by atoms with E-state index < -0.39 is 0 Å². The van der Waals surface area contributed by atoms with Crippen LogP contribution in [-0.4, -0.2) is 72.2 Å². The Morgan fingerprint density at radius 1 is 1.16 bits per heavy atom. The molecule has 9 heteroatoms. The summed E-state index contributed by atoms with van der Waals surface area (Å²) < 4.78 is 12.4. The zero-order valence-corrected chi connectivity index (χ0v) is 18.3. The van der Waals surface area contributed by atoms with Crippen LogP contribution in [0.15, 0.2) is 30.5 Å². The van der Waals surface area contributed by atoms with Gasteiger partial charge in [0.05, 0.1) is 50.1 Å². The van der Waals surface area contributed by atoms with Crippen molar-refractivity contribution < 1.29 is 14.3 Å². The van der Waals surface area contributed by atoms with E-state index in [1.165, 1.54) is 7.11 Å². The molecule has 0 radical (unpaired) electrons. The van der Waals surface area contributed by atoms with Crippen LogP contribution < -0.4 is 10.2 Å². The van der Waals surface area contributed by atoms with Gasteiger partial charge < -0.3 is 19.7 Å². The van der Waals surface area contributed by atoms with Crippen LogP contribution in [0.2, 0.25) is 0 Å². The molecule has 32 heavy (non-hydrogen) atoms. The van der Waals surface area contributed by atoms with Gasteiger partial charge in [-0.05, 0) is 31.5 Å². The lowest BCUT2D eigenvalue weighted by atomic mass is 10.0. The fourth-order valence-electron chi connectivity index (χ4n) is 4.38. The summed E-state index contributed by atoms with van der Waals surface area (Å²) in [4.78, 5) is 23.7. The van der Waals surface area contributed by atoms with Gasteiger partial charge in [0.15, 0.2) is 5.65 Å². The van der Waals surface area contributed by atoms with E-state index in [0.717, 1.165) is 66.9 Å². The van der Waals surface area contributed by atoms with Gasteiger partial charge in [0, 0.05) is 18.7 Å². The van der Waals surface area contributed by atoms with Crippen molar-refractivity contribution in [2.24, 2.45) is 0 Å². The summed E-state index contributed by atoms with van der Waals surface area (Å²) in [6, 6.07) is 8.24. The van der Waals surface area contributed by atoms with E-state index in [2.05, 4.69) is 14.9 Å². The summed E-state index contributed by atoms with van der Waals surface area (Å²) in [5, 5.41) is 9.11. The van der Waals surface area contributed by atoms with Gasteiger partial charge in [-0.1, -0.05) is 24.3 Å². The van der Waals surface area contributed by atoms with Crippen molar-refractivity contribution >= 4 is 23.0 Å². The molecule has 168 valence electrons. The monoisotopic (exact) mass is 436 g/mol. The summed E-state index contributed by atoms with van der Waals surface area (Å²) in [6.07, 6.45) is 4.21. The molecule has 2 fully saturated rings. The van der Waals surface area contributed by atoms with Gasteiger partial charge in [0.1, 0.15) is 0 Å². The summed E-state index contributed by atoms with van der Waals surface area (Å²) in [5.74, 6) is 0.463. The zero-order valence-electron chi connectivity index (χ0n) is 18.3. The van der Waals surface area contributed by atoms with Gasteiger partial charge in [-0.2, -0.15) is 10.1 Å². The highest BCUT2D eigenvalue weighted by Crippen LogP contribution is 2.31. The first-order chi connectivity index (χ1) is 15.7. The number of nitrogens with zero attached hydrogens (tertiary/aromatic N) is 5. The van der Waals surface area contributed by atoms with Crippen molar-refractivity contribution in [2.45, 2.75) is 25.3 Å². The first-order valence-corrected chi connectivity index (χ1v) is 11.2. The third-order valence-electron chi connectivity index (χ3n) is 6.19. The highest BCUT2D eigenvalue weighted by Gasteiger charge is 2.23. The number of fused-ring (bicyclic) bond motifs is 1. The molecule has 4 heterocycles. The van der Waals surface area contributed by atoms with Crippen LogP contribution in [0, 0.1) is 0 Å². The number of rotatable bonds is 5. The van der Waals surface area contributed by atoms with Crippen molar-refractivity contribution in [1.29, 1.82) is 0 Å². The number of methoxy groups -OCH3 is 1. The second kappa shape index (κ2) is 9.22. The molecule has 9 nitrogen and oxygen atoms in total. The smallest absolute Gasteiger partial charge is 0.309 e. The number of ether oxygens (including phenoxy) is 2. The number of anilines is 1. The summed E-state index contributed by atoms with van der Waals surface area (Å²) in [6.45, 7) is 4.86. The SMILES string of the molecule is COC(=O)Cc1ccc(-c2nc(N3CCOCC3)nc3c2cnn3C2CCNCC2)cc1. The van der Waals surface area contributed by atoms with Crippen LogP contribution in [-0.2, 0) is 20.7 Å². The van der Waals surface area contributed by atoms with Crippen molar-refractivity contribution in [3.8, 4) is 11.3 Å². The van der Waals surface area contributed by atoms with Gasteiger partial charge in [-0.15, -0.1) is 0 Å². The average Bonchev–Trinajstić information content (AvgIpc) is 3.29. The van der Waals surface area contributed by atoms with Crippen LogP contribution in [0.4, 0.5) is 5.95 Å². The Hall–Kier alpha value is -3.04. The molecule has 5 rings (SSSR count). The Kier molecular flexibility index (Phi) is 6.00. The molecule has 0 spiro atoms. The van der Waals surface area contributed by atoms with Gasteiger partial charge in [0.2, 0.25) is 5.95 Å². The molecule has 0 unspecified atom stereocenters. The van der Waals surface area contributed by atoms with Crippen molar-refractivity contribution in [3.63, 3.8) is 0 Å². The molecule has 2 saturated heterocycles. The molecule has 2 aromatic heterocycles. The summed E-state index contributed by atoms with van der Waals surface area (Å²) >= 11 is 0. The fourth-order valence-corrected chi connectivity index (χ4v) is 4.38. The predicted octanol–water partition coefficient (Wildman–Crippen LogP) is 1.97. The van der Waals surface area contributed by atoms with Crippen LogP contribution in [0.1, 0.15) is 24.4 Å². The molecular formula is C23H28N6O3. The number of nitrogens with one attached hydrogen (secondary N) is 1. The van der Waals surface area contributed by atoms with E-state index in [-0.39, 0.29) is 12.4 Å². The molecule has 2 aliphatic rings. The number of piperidine rings is 1. The molecule has 0 saturated carbocycles. The van der Waals surface area contributed by atoms with Crippen molar-refractivity contribution in [1.82, 2.24) is 25.1 Å². The van der Waals surface area contributed by atoms with Gasteiger partial charge in [-0.3, -0.25) is 4.79 Å². The molecule has 3 aromatic rings. The normalized spacial score (nSPS) is 17.6. The van der Waals surface area contributed by atoms with E-state index in [1.54, 1.807) is 0 Å². The van der Waals surface area contributed by atoms with E-state index in [0.29, 0.717) is 25.2 Å². The van der Waals surface area contributed by atoms with Crippen LogP contribution in [0.3, 0.4) is 0 Å². The van der Waals surface area contributed by atoms with Gasteiger partial charge >= 0.3 is 5.97 Å². The minimum atomic E-state index is -0.250. The number of benzene rings is 1. The molecule has 0 bridgehead atoms. The Balaban J connectivity index is 1.57. The molecule has 2 aliphatic heterocycles. The highest BCUT2D eigenvalue weighted by molar-refractivity contribution is 5.91. The number of carbonyl (C=O) groups is 1. The molecule has 0 atom stereocenters. The minimum Gasteiger partial charge on any atom is -0.469 e. The van der Waals surface area contributed by atoms with E-state index in [1.807, 2.05) is 30.5 Å². The topological polar surface area (TPSA) is 94.4 Å². The van der Waals surface area contributed by atoms with Crippen LogP contribution >= 0.6 is 0 Å². The molecule has 0 aliphatic carbocycles. The first kappa shape index (κ1) is 20.8. The lowest BCUT2D eigenvalue weighted by molar-refractivity contribution is -0.139. The summed E-state index contributed by atoms with van der Waals surface area (Å²) in [5.41, 5.74) is 3.62. The molecular weight excluding hydrogens is 408 g/mol. The average molecular weight is 437 g/mol. The highest BCUT2D eigenvalue weighted by atomic mass is 16.5. The number of morpholine rings is 1. The number of hydrogen-bond donors (Lipinski definition) is 1. The van der Waals surface area contributed by atoms with E-state index >= 15 is 0 Å². The quantitative estimate of drug-likeness (QED) is 0.607. The number of esters is 1. The van der Waals surface area contributed by atoms with Crippen LogP contribution in [0.5, 0.6) is 0 Å². The number of carbonyl (C=O) groups excluding carboxylic acids is 1. The maximum absolute atomic E-state index is 11.6. The minimum absolute atomic E-state index is 0.250. The second-order valence-electron chi connectivity index (χ2n) is 8.23. The Bertz CT molecular complexity index is 1090. The lowest BCUT2D eigenvalue weighted by Crippen LogP contribution is -2.37. The van der Waals surface area contributed by atoms with Gasteiger partial charge in [-0.25, -0.2) is 9.67 Å². The third kappa shape index (κ3) is 4.18. The second-order valence-corrected chi connectivity index (χ2v) is 8.23. The maximum Gasteiger partial charge on any atom is 0.309 e. The van der Waals surface area contributed by atoms with Crippen molar-refractivity contribution in [2.75, 3.05) is 51.4 Å². The van der Waals surface area contributed by atoms with Crippen molar-refractivity contribution in [3.05, 3.63) is 36.0 Å². The third-order valence-corrected chi connectivity index (χ3v) is 6.19. The van der Waals surface area contributed by atoms with E-state index in [4.69, 9.17) is 24.5 Å². The maximum atomic E-state index is 11.6. The number of aromatic nitrogens is 4.